The van der Waals surface area contributed by atoms with Crippen LogP contribution in [0.1, 0.15) is 60.1 Å². The molecule has 0 bridgehead atoms. The highest BCUT2D eigenvalue weighted by Gasteiger charge is 2.53. The summed E-state index contributed by atoms with van der Waals surface area (Å²) in [6, 6.07) is 20.9. The molecule has 1 fully saturated rings. The molecule has 1 N–H and O–H groups in total. The molecule has 2 amide bonds. The second-order valence-corrected chi connectivity index (χ2v) is 12.5. The summed E-state index contributed by atoms with van der Waals surface area (Å²) in [5.41, 5.74) is 1.34. The quantitative estimate of drug-likeness (QED) is 0.210. The predicted octanol–water partition coefficient (Wildman–Crippen LogP) is 6.82. The van der Waals surface area contributed by atoms with Crippen LogP contribution in [-0.2, 0) is 23.4 Å². The van der Waals surface area contributed by atoms with Gasteiger partial charge in [0.25, 0.3) is 11.8 Å². The smallest absolute Gasteiger partial charge is 0.272 e. The molecule has 8 nitrogen and oxygen atoms in total. The zero-order valence-electron chi connectivity index (χ0n) is 25.4. The van der Waals surface area contributed by atoms with Crippen LogP contribution in [0.5, 0.6) is 17.2 Å². The second-order valence-electron chi connectivity index (χ2n) is 11.6. The van der Waals surface area contributed by atoms with E-state index in [0.29, 0.717) is 22.9 Å². The van der Waals surface area contributed by atoms with E-state index >= 15 is 0 Å². The molecule has 1 saturated carbocycles. The fourth-order valence-corrected chi connectivity index (χ4v) is 7.30. The lowest BCUT2D eigenvalue weighted by molar-refractivity contribution is -0.136. The maximum atomic E-state index is 15.0. The Balaban J connectivity index is 1.60. The molecule has 2 heterocycles. The van der Waals surface area contributed by atoms with E-state index < -0.39 is 5.54 Å². The molecule has 3 aromatic carbocycles. The Labute approximate surface area is 266 Å². The minimum atomic E-state index is -1.37. The van der Waals surface area contributed by atoms with Crippen molar-refractivity contribution in [2.75, 3.05) is 21.3 Å². The molecule has 6 rings (SSSR count). The van der Waals surface area contributed by atoms with Crippen molar-refractivity contribution in [2.45, 2.75) is 63.2 Å². The maximum absolute atomic E-state index is 15.0. The normalized spacial score (nSPS) is 18.9. The van der Waals surface area contributed by atoms with Gasteiger partial charge in [-0.1, -0.05) is 71.9 Å². The lowest BCUT2D eigenvalue weighted by atomic mass is 9.83. The van der Waals surface area contributed by atoms with Crippen LogP contribution in [0.3, 0.4) is 0 Å². The van der Waals surface area contributed by atoms with Crippen LogP contribution >= 0.6 is 15.9 Å². The Morgan fingerprint density at radius 3 is 2.23 bits per heavy atom. The first-order valence-corrected chi connectivity index (χ1v) is 16.0. The minimum Gasteiger partial charge on any atom is -0.496 e. The first kappa shape index (κ1) is 30.1. The average Bonchev–Trinajstić information content (AvgIpc) is 3.24. The SMILES string of the molecule is COc1ccc(Br)cc1CN1C(=O)c2cc3c(OC)ccc(OC)c3n2CC1(C(=O)NC1CCCCCC1)c1ccccc1. The van der Waals surface area contributed by atoms with Crippen molar-refractivity contribution >= 4 is 38.6 Å². The van der Waals surface area contributed by atoms with Crippen LogP contribution in [0.4, 0.5) is 0 Å². The first-order valence-electron chi connectivity index (χ1n) is 15.2. The van der Waals surface area contributed by atoms with Gasteiger partial charge in [-0.2, -0.15) is 0 Å². The molecule has 1 aliphatic heterocycles. The molecule has 1 aliphatic carbocycles. The molecule has 0 spiro atoms. The third kappa shape index (κ3) is 5.21. The molecular formula is C35H38BrN3O5. The van der Waals surface area contributed by atoms with E-state index in [4.69, 9.17) is 14.2 Å². The highest BCUT2D eigenvalue weighted by molar-refractivity contribution is 9.10. The topological polar surface area (TPSA) is 82.0 Å². The number of rotatable bonds is 8. The number of hydrogen-bond acceptors (Lipinski definition) is 5. The Bertz CT molecular complexity index is 1680. The maximum Gasteiger partial charge on any atom is 0.272 e. The molecule has 230 valence electrons. The zero-order chi connectivity index (χ0) is 30.8. The molecule has 1 aromatic heterocycles. The summed E-state index contributed by atoms with van der Waals surface area (Å²) >= 11 is 3.59. The molecule has 44 heavy (non-hydrogen) atoms. The van der Waals surface area contributed by atoms with Gasteiger partial charge in [0, 0.05) is 21.5 Å². The number of fused-ring (bicyclic) bond motifs is 3. The van der Waals surface area contributed by atoms with E-state index in [1.807, 2.05) is 71.3 Å². The zero-order valence-corrected chi connectivity index (χ0v) is 27.0. The van der Waals surface area contributed by atoms with Crippen LogP contribution in [0.2, 0.25) is 0 Å². The van der Waals surface area contributed by atoms with E-state index in [0.717, 1.165) is 52.2 Å². The Morgan fingerprint density at radius 1 is 0.886 bits per heavy atom. The van der Waals surface area contributed by atoms with E-state index in [2.05, 4.69) is 21.2 Å². The summed E-state index contributed by atoms with van der Waals surface area (Å²) in [6.45, 7) is 0.351. The molecular weight excluding hydrogens is 622 g/mol. The number of halogens is 1. The largest absolute Gasteiger partial charge is 0.496 e. The first-order chi connectivity index (χ1) is 21.4. The lowest BCUT2D eigenvalue weighted by Gasteiger charge is -2.47. The summed E-state index contributed by atoms with van der Waals surface area (Å²) in [7, 11) is 4.84. The number of benzene rings is 3. The van der Waals surface area contributed by atoms with Gasteiger partial charge in [-0.25, -0.2) is 0 Å². The van der Waals surface area contributed by atoms with E-state index in [-0.39, 0.29) is 30.9 Å². The van der Waals surface area contributed by atoms with E-state index in [1.165, 1.54) is 12.8 Å². The van der Waals surface area contributed by atoms with Crippen molar-refractivity contribution in [2.24, 2.45) is 0 Å². The average molecular weight is 661 g/mol. The number of nitrogens with one attached hydrogen (secondary N) is 1. The van der Waals surface area contributed by atoms with Gasteiger partial charge in [0.05, 0.1) is 39.9 Å². The van der Waals surface area contributed by atoms with Gasteiger partial charge in [0.2, 0.25) is 0 Å². The number of amides is 2. The number of hydrogen-bond donors (Lipinski definition) is 1. The van der Waals surface area contributed by atoms with Gasteiger partial charge >= 0.3 is 0 Å². The number of methoxy groups -OCH3 is 3. The van der Waals surface area contributed by atoms with E-state index in [1.54, 1.807) is 26.2 Å². The van der Waals surface area contributed by atoms with Crippen LogP contribution in [0, 0.1) is 0 Å². The number of aromatic nitrogens is 1. The van der Waals surface area contributed by atoms with Crippen LogP contribution in [-0.4, -0.2) is 48.7 Å². The molecule has 2 aliphatic rings. The molecule has 4 aromatic rings. The molecule has 0 radical (unpaired) electrons. The van der Waals surface area contributed by atoms with Crippen LogP contribution < -0.4 is 19.5 Å². The third-order valence-corrected chi connectivity index (χ3v) is 9.62. The van der Waals surface area contributed by atoms with Crippen molar-refractivity contribution < 1.29 is 23.8 Å². The lowest BCUT2D eigenvalue weighted by Crippen LogP contribution is -2.64. The van der Waals surface area contributed by atoms with Gasteiger partial charge in [0.1, 0.15) is 22.9 Å². The van der Waals surface area contributed by atoms with Crippen LogP contribution in [0.25, 0.3) is 10.9 Å². The molecule has 1 unspecified atom stereocenters. The van der Waals surface area contributed by atoms with Gasteiger partial charge < -0.3 is 29.0 Å². The Kier molecular flexibility index (Phi) is 8.58. The monoisotopic (exact) mass is 659 g/mol. The standard InChI is InChI=1S/C35H38BrN3O5/c1-42-29-16-15-25(36)19-23(29)21-39-33(40)28-20-27-30(43-2)17-18-31(44-3)32(27)38(28)22-35(39,24-11-7-6-8-12-24)34(41)37-26-13-9-4-5-10-14-26/h6-8,11-12,15-20,26H,4-5,9-10,13-14,21-22H2,1-3H3,(H,37,41). The number of carbonyl (C=O) groups excluding carboxylic acids is 2. The number of ether oxygens (including phenoxy) is 3. The summed E-state index contributed by atoms with van der Waals surface area (Å²) in [4.78, 5) is 31.6. The second kappa shape index (κ2) is 12.6. The number of nitrogens with zero attached hydrogens (tertiary/aromatic N) is 2. The summed E-state index contributed by atoms with van der Waals surface area (Å²) in [6.07, 6.45) is 6.34. The van der Waals surface area contributed by atoms with Gasteiger partial charge in [0.15, 0.2) is 5.54 Å². The van der Waals surface area contributed by atoms with Crippen molar-refractivity contribution in [1.29, 1.82) is 0 Å². The molecule has 1 atom stereocenters. The summed E-state index contributed by atoms with van der Waals surface area (Å²) < 4.78 is 20.0. The van der Waals surface area contributed by atoms with E-state index in [9.17, 15) is 9.59 Å². The van der Waals surface area contributed by atoms with Gasteiger partial charge in [-0.05, 0) is 54.8 Å². The van der Waals surface area contributed by atoms with Gasteiger partial charge in [-0.15, -0.1) is 0 Å². The highest BCUT2D eigenvalue weighted by Crippen LogP contribution is 2.44. The third-order valence-electron chi connectivity index (χ3n) is 9.12. The summed E-state index contributed by atoms with van der Waals surface area (Å²) in [5.74, 6) is 1.42. The summed E-state index contributed by atoms with van der Waals surface area (Å²) in [5, 5.41) is 4.18. The minimum absolute atomic E-state index is 0.0420. The fourth-order valence-electron chi connectivity index (χ4n) is 6.90. The van der Waals surface area contributed by atoms with Crippen molar-refractivity contribution in [3.63, 3.8) is 0 Å². The van der Waals surface area contributed by atoms with Crippen molar-refractivity contribution in [1.82, 2.24) is 14.8 Å². The molecule has 9 heteroatoms. The van der Waals surface area contributed by atoms with Gasteiger partial charge in [-0.3, -0.25) is 9.59 Å². The van der Waals surface area contributed by atoms with Crippen molar-refractivity contribution in [3.05, 3.63) is 88.0 Å². The van der Waals surface area contributed by atoms with Crippen molar-refractivity contribution in [3.8, 4) is 17.2 Å². The highest BCUT2D eigenvalue weighted by atomic mass is 79.9. The fraction of sp³-hybridized carbons (Fsp3) is 0.371. The Morgan fingerprint density at radius 2 is 1.55 bits per heavy atom. The van der Waals surface area contributed by atoms with Crippen LogP contribution in [0.15, 0.2) is 71.2 Å². The molecule has 0 saturated heterocycles. The number of carbonyl (C=O) groups is 2. The Hall–Kier alpha value is -3.98. The predicted molar refractivity (Wildman–Crippen MR) is 173 cm³/mol.